The Morgan fingerprint density at radius 3 is 2.85 bits per heavy atom. The van der Waals surface area contributed by atoms with E-state index in [1.807, 2.05) is 13.8 Å². The lowest BCUT2D eigenvalue weighted by molar-refractivity contribution is -0.113. The number of rotatable bonds is 9. The smallest absolute Gasteiger partial charge is 0.343 e. The van der Waals surface area contributed by atoms with E-state index in [1.54, 1.807) is 24.3 Å². The van der Waals surface area contributed by atoms with Gasteiger partial charge < -0.3 is 10.6 Å². The minimum absolute atomic E-state index is 0.113. The van der Waals surface area contributed by atoms with Gasteiger partial charge in [0.2, 0.25) is 5.91 Å². The van der Waals surface area contributed by atoms with Crippen molar-refractivity contribution in [2.45, 2.75) is 38.4 Å². The number of thioether (sulfide) groups is 1. The van der Waals surface area contributed by atoms with E-state index in [-0.39, 0.29) is 23.3 Å². The summed E-state index contributed by atoms with van der Waals surface area (Å²) >= 11 is 1.19. The van der Waals surface area contributed by atoms with Crippen molar-refractivity contribution in [3.63, 3.8) is 0 Å². The van der Waals surface area contributed by atoms with Gasteiger partial charge in [-0.2, -0.15) is 0 Å². The number of hydrogen-bond donors (Lipinski definition) is 3. The zero-order chi connectivity index (χ0) is 18.9. The number of carbonyl (C=O) groups is 2. The summed E-state index contributed by atoms with van der Waals surface area (Å²) in [6.07, 6.45) is 1.83. The molecule has 1 heterocycles. The number of H-pyrrole nitrogens is 1. The van der Waals surface area contributed by atoms with Crippen LogP contribution in [0.4, 0.5) is 5.69 Å². The molecule has 0 aliphatic heterocycles. The highest BCUT2D eigenvalue weighted by molar-refractivity contribution is 7.99. The molecule has 3 N–H and O–H groups in total. The molecule has 2 amide bonds. The topological polar surface area (TPSA) is 109 Å². The predicted octanol–water partition coefficient (Wildman–Crippen LogP) is 1.85. The van der Waals surface area contributed by atoms with Crippen molar-refractivity contribution in [3.05, 3.63) is 40.3 Å². The second kappa shape index (κ2) is 9.81. The van der Waals surface area contributed by atoms with E-state index in [2.05, 4.69) is 20.8 Å². The molecule has 0 saturated heterocycles. The molecule has 26 heavy (non-hydrogen) atoms. The van der Waals surface area contributed by atoms with Gasteiger partial charge in [-0.3, -0.25) is 14.2 Å². The highest BCUT2D eigenvalue weighted by Gasteiger charge is 2.12. The van der Waals surface area contributed by atoms with Crippen LogP contribution < -0.4 is 16.3 Å². The number of amides is 2. The van der Waals surface area contributed by atoms with E-state index in [4.69, 9.17) is 0 Å². The van der Waals surface area contributed by atoms with Crippen LogP contribution in [-0.4, -0.2) is 38.9 Å². The summed E-state index contributed by atoms with van der Waals surface area (Å²) < 4.78 is 1.54. The zero-order valence-corrected chi connectivity index (χ0v) is 15.7. The van der Waals surface area contributed by atoms with Crippen LogP contribution >= 0.6 is 11.8 Å². The van der Waals surface area contributed by atoms with Gasteiger partial charge in [0.05, 0.1) is 5.75 Å². The van der Waals surface area contributed by atoms with Gasteiger partial charge in [-0.1, -0.05) is 31.2 Å². The SMILES string of the molecule is CCCCn1c(SCC(=O)Nc2cccc(C(=O)NCC)c2)n[nH]c1=O. The van der Waals surface area contributed by atoms with E-state index in [0.717, 1.165) is 12.8 Å². The van der Waals surface area contributed by atoms with Gasteiger partial charge in [-0.05, 0) is 31.5 Å². The number of carbonyl (C=O) groups excluding carboxylic acids is 2. The summed E-state index contributed by atoms with van der Waals surface area (Å²) in [7, 11) is 0. The molecular formula is C17H23N5O3S. The van der Waals surface area contributed by atoms with Crippen LogP contribution in [0.3, 0.4) is 0 Å². The molecular weight excluding hydrogens is 354 g/mol. The Morgan fingerprint density at radius 2 is 2.12 bits per heavy atom. The minimum atomic E-state index is -0.268. The normalized spacial score (nSPS) is 10.5. The maximum absolute atomic E-state index is 12.2. The number of hydrogen-bond acceptors (Lipinski definition) is 5. The van der Waals surface area contributed by atoms with E-state index in [1.165, 1.54) is 16.3 Å². The van der Waals surface area contributed by atoms with Crippen LogP contribution in [0.25, 0.3) is 0 Å². The molecule has 0 atom stereocenters. The van der Waals surface area contributed by atoms with Crippen LogP contribution in [0.2, 0.25) is 0 Å². The van der Waals surface area contributed by atoms with E-state index in [0.29, 0.717) is 29.5 Å². The van der Waals surface area contributed by atoms with Gasteiger partial charge >= 0.3 is 5.69 Å². The van der Waals surface area contributed by atoms with Crippen molar-refractivity contribution >= 4 is 29.3 Å². The van der Waals surface area contributed by atoms with Gasteiger partial charge in [0.25, 0.3) is 5.91 Å². The summed E-state index contributed by atoms with van der Waals surface area (Å²) in [5.41, 5.74) is 0.763. The molecule has 0 aliphatic rings. The van der Waals surface area contributed by atoms with Crippen molar-refractivity contribution in [1.82, 2.24) is 20.1 Å². The van der Waals surface area contributed by atoms with Gasteiger partial charge in [0.15, 0.2) is 5.16 Å². The lowest BCUT2D eigenvalue weighted by atomic mass is 10.2. The molecule has 0 radical (unpaired) electrons. The number of benzene rings is 1. The Labute approximate surface area is 155 Å². The molecule has 0 fully saturated rings. The molecule has 2 rings (SSSR count). The largest absolute Gasteiger partial charge is 0.352 e. The maximum Gasteiger partial charge on any atom is 0.343 e. The molecule has 140 valence electrons. The van der Waals surface area contributed by atoms with Gasteiger partial charge in [0.1, 0.15) is 0 Å². The van der Waals surface area contributed by atoms with Crippen LogP contribution in [0.15, 0.2) is 34.2 Å². The van der Waals surface area contributed by atoms with E-state index in [9.17, 15) is 14.4 Å². The van der Waals surface area contributed by atoms with Crippen molar-refractivity contribution in [2.75, 3.05) is 17.6 Å². The average molecular weight is 377 g/mol. The van der Waals surface area contributed by atoms with Gasteiger partial charge in [0, 0.05) is 24.3 Å². The first kappa shape index (κ1) is 19.8. The molecule has 0 aliphatic carbocycles. The molecule has 0 unspecified atom stereocenters. The summed E-state index contributed by atoms with van der Waals surface area (Å²) in [4.78, 5) is 35.7. The first-order valence-electron chi connectivity index (χ1n) is 8.51. The highest BCUT2D eigenvalue weighted by Crippen LogP contribution is 2.16. The molecule has 0 bridgehead atoms. The minimum Gasteiger partial charge on any atom is -0.352 e. The lowest BCUT2D eigenvalue weighted by Gasteiger charge is -2.08. The van der Waals surface area contributed by atoms with Crippen LogP contribution in [0.5, 0.6) is 0 Å². The van der Waals surface area contributed by atoms with E-state index < -0.39 is 0 Å². The standard InChI is InChI=1S/C17H23N5O3S/c1-3-5-9-22-16(25)20-21-17(22)26-11-14(23)19-13-8-6-7-12(10-13)15(24)18-4-2/h6-8,10H,3-5,9,11H2,1-2H3,(H,18,24)(H,19,23)(H,20,25). The molecule has 1 aromatic carbocycles. The quantitative estimate of drug-likeness (QED) is 0.578. The third-order valence-corrected chi connectivity index (χ3v) is 4.51. The zero-order valence-electron chi connectivity index (χ0n) is 14.9. The van der Waals surface area contributed by atoms with Crippen molar-refractivity contribution in [2.24, 2.45) is 0 Å². The molecule has 1 aromatic heterocycles. The second-order valence-electron chi connectivity index (χ2n) is 5.59. The molecule has 2 aromatic rings. The second-order valence-corrected chi connectivity index (χ2v) is 6.54. The number of anilines is 1. The third-order valence-electron chi connectivity index (χ3n) is 3.54. The first-order valence-corrected chi connectivity index (χ1v) is 9.49. The summed E-state index contributed by atoms with van der Waals surface area (Å²) in [6, 6.07) is 6.74. The van der Waals surface area contributed by atoms with Gasteiger partial charge in [-0.25, -0.2) is 9.89 Å². The first-order chi connectivity index (χ1) is 12.5. The molecule has 9 heteroatoms. The van der Waals surface area contributed by atoms with E-state index >= 15 is 0 Å². The summed E-state index contributed by atoms with van der Waals surface area (Å²) in [5.74, 6) is -0.308. The number of unbranched alkanes of at least 4 members (excludes halogenated alkanes) is 1. The third kappa shape index (κ3) is 5.48. The lowest BCUT2D eigenvalue weighted by Crippen LogP contribution is -2.23. The van der Waals surface area contributed by atoms with Crippen LogP contribution in [0.1, 0.15) is 37.0 Å². The molecule has 0 spiro atoms. The fourth-order valence-electron chi connectivity index (χ4n) is 2.25. The fraction of sp³-hybridized carbons (Fsp3) is 0.412. The summed E-state index contributed by atoms with van der Waals surface area (Å²) in [5, 5.41) is 12.3. The molecule has 8 nitrogen and oxygen atoms in total. The predicted molar refractivity (Wildman–Crippen MR) is 102 cm³/mol. The number of nitrogens with zero attached hydrogens (tertiary/aromatic N) is 2. The molecule has 0 saturated carbocycles. The van der Waals surface area contributed by atoms with Crippen molar-refractivity contribution < 1.29 is 9.59 Å². The highest BCUT2D eigenvalue weighted by atomic mass is 32.2. The van der Waals surface area contributed by atoms with Crippen molar-refractivity contribution in [1.29, 1.82) is 0 Å². The van der Waals surface area contributed by atoms with Crippen LogP contribution in [0, 0.1) is 0 Å². The van der Waals surface area contributed by atoms with Crippen molar-refractivity contribution in [3.8, 4) is 0 Å². The van der Waals surface area contributed by atoms with Crippen LogP contribution in [-0.2, 0) is 11.3 Å². The van der Waals surface area contributed by atoms with Gasteiger partial charge in [-0.15, -0.1) is 5.10 Å². The Morgan fingerprint density at radius 1 is 1.31 bits per heavy atom. The maximum atomic E-state index is 12.2. The Kier molecular flexibility index (Phi) is 7.46. The summed E-state index contributed by atoms with van der Waals surface area (Å²) in [6.45, 7) is 5.00. The Balaban J connectivity index is 1.94. The fourth-order valence-corrected chi connectivity index (χ4v) is 3.03. The average Bonchev–Trinajstić information content (AvgIpc) is 2.98. The Hall–Kier alpha value is -2.55. The Bertz CT molecular complexity index is 815. The number of nitrogens with one attached hydrogen (secondary N) is 3. The number of aromatic nitrogens is 3. The number of aromatic amines is 1. The monoisotopic (exact) mass is 377 g/mol.